The summed E-state index contributed by atoms with van der Waals surface area (Å²) in [5.41, 5.74) is 0.0111. The van der Waals surface area contributed by atoms with Crippen molar-refractivity contribution >= 4 is 27.9 Å². The molecule has 0 aliphatic carbocycles. The van der Waals surface area contributed by atoms with Crippen LogP contribution >= 0.6 is 15.9 Å². The summed E-state index contributed by atoms with van der Waals surface area (Å²) in [6.45, 7) is 2.29. The smallest absolute Gasteiger partial charge is 0.339 e. The highest BCUT2D eigenvalue weighted by atomic mass is 79.9. The van der Waals surface area contributed by atoms with Crippen LogP contribution in [0.2, 0.25) is 0 Å². The van der Waals surface area contributed by atoms with Crippen LogP contribution in [0.5, 0.6) is 0 Å². The molecule has 0 bridgehead atoms. The minimum atomic E-state index is -1.15. The van der Waals surface area contributed by atoms with Crippen molar-refractivity contribution in [3.63, 3.8) is 0 Å². The molecule has 0 aliphatic heterocycles. The van der Waals surface area contributed by atoms with Crippen molar-refractivity contribution < 1.29 is 19.4 Å². The molecule has 0 aromatic heterocycles. The number of halogens is 1. The molecule has 0 aliphatic rings. The molecule has 1 rings (SSSR count). The lowest BCUT2D eigenvalue weighted by Crippen LogP contribution is -2.12. The Bertz CT molecular complexity index is 429. The second kappa shape index (κ2) is 6.39. The van der Waals surface area contributed by atoms with Gasteiger partial charge in [-0.1, -0.05) is 19.4 Å². The Morgan fingerprint density at radius 1 is 1.41 bits per heavy atom. The molecule has 0 spiro atoms. The molecule has 0 radical (unpaired) electrons. The first kappa shape index (κ1) is 13.7. The van der Waals surface area contributed by atoms with Crippen LogP contribution < -0.4 is 0 Å². The second-order valence-corrected chi connectivity index (χ2v) is 4.31. The highest BCUT2D eigenvalue weighted by molar-refractivity contribution is 9.10. The van der Waals surface area contributed by atoms with Crippen LogP contribution in [0, 0.1) is 0 Å². The molecule has 0 amide bonds. The fourth-order valence-corrected chi connectivity index (χ4v) is 1.83. The van der Waals surface area contributed by atoms with Crippen LogP contribution in [0.4, 0.5) is 0 Å². The Morgan fingerprint density at radius 3 is 2.71 bits per heavy atom. The summed E-state index contributed by atoms with van der Waals surface area (Å²) >= 11 is 3.11. The van der Waals surface area contributed by atoms with E-state index in [1.807, 2.05) is 6.92 Å². The number of carboxylic acids is 1. The van der Waals surface area contributed by atoms with Gasteiger partial charge in [0.1, 0.15) is 0 Å². The molecule has 1 aromatic rings. The lowest BCUT2D eigenvalue weighted by molar-refractivity contribution is 0.0489. The topological polar surface area (TPSA) is 63.6 Å². The van der Waals surface area contributed by atoms with Crippen LogP contribution in [0.25, 0.3) is 0 Å². The number of ether oxygens (including phenoxy) is 1. The minimum Gasteiger partial charge on any atom is -0.478 e. The number of unbranched alkanes of at least 4 members (excludes halogenated alkanes) is 1. The predicted octanol–water partition coefficient (Wildman–Crippen LogP) is 3.10. The molecule has 0 saturated carbocycles. The third-order valence-corrected chi connectivity index (χ3v) is 2.84. The van der Waals surface area contributed by atoms with E-state index < -0.39 is 11.9 Å². The fourth-order valence-electron chi connectivity index (χ4n) is 1.30. The van der Waals surface area contributed by atoms with Crippen molar-refractivity contribution in [2.45, 2.75) is 19.8 Å². The predicted molar refractivity (Wildman–Crippen MR) is 66.3 cm³/mol. The number of aromatic carboxylic acids is 1. The van der Waals surface area contributed by atoms with Gasteiger partial charge in [0.2, 0.25) is 0 Å². The third-order valence-electron chi connectivity index (χ3n) is 2.18. The van der Waals surface area contributed by atoms with E-state index in [4.69, 9.17) is 9.84 Å². The standard InChI is InChI=1S/C12H13BrO4/c1-2-3-7-17-12(16)8-5-4-6-9(13)10(8)11(14)15/h4-6H,2-3,7H2,1H3,(H,14,15). The van der Waals surface area contributed by atoms with E-state index in [0.717, 1.165) is 12.8 Å². The molecule has 0 saturated heterocycles. The van der Waals surface area contributed by atoms with Crippen molar-refractivity contribution in [3.8, 4) is 0 Å². The van der Waals surface area contributed by atoms with E-state index in [-0.39, 0.29) is 11.1 Å². The lowest BCUT2D eigenvalue weighted by Gasteiger charge is -2.07. The Hall–Kier alpha value is -1.36. The molecule has 0 atom stereocenters. The Balaban J connectivity index is 2.93. The Kier molecular flexibility index (Phi) is 5.15. The van der Waals surface area contributed by atoms with E-state index in [1.54, 1.807) is 12.1 Å². The molecule has 0 fully saturated rings. The SMILES string of the molecule is CCCCOC(=O)c1cccc(Br)c1C(=O)O. The maximum Gasteiger partial charge on any atom is 0.339 e. The summed E-state index contributed by atoms with van der Waals surface area (Å²) < 4.78 is 5.36. The van der Waals surface area contributed by atoms with Gasteiger partial charge in [0.25, 0.3) is 0 Å². The normalized spacial score (nSPS) is 10.0. The van der Waals surface area contributed by atoms with E-state index >= 15 is 0 Å². The molecule has 1 aromatic carbocycles. The fraction of sp³-hybridized carbons (Fsp3) is 0.333. The number of rotatable bonds is 5. The number of carbonyl (C=O) groups is 2. The number of carbonyl (C=O) groups excluding carboxylic acids is 1. The zero-order chi connectivity index (χ0) is 12.8. The molecule has 4 nitrogen and oxygen atoms in total. The number of hydrogen-bond donors (Lipinski definition) is 1. The van der Waals surface area contributed by atoms with Gasteiger partial charge in [0.15, 0.2) is 0 Å². The van der Waals surface area contributed by atoms with Crippen LogP contribution in [0.1, 0.15) is 40.5 Å². The summed E-state index contributed by atoms with van der Waals surface area (Å²) in [6, 6.07) is 4.63. The van der Waals surface area contributed by atoms with Gasteiger partial charge in [-0.3, -0.25) is 0 Å². The first-order valence-corrected chi connectivity index (χ1v) is 6.06. The first-order valence-electron chi connectivity index (χ1n) is 5.26. The van der Waals surface area contributed by atoms with Crippen molar-refractivity contribution in [2.75, 3.05) is 6.61 Å². The van der Waals surface area contributed by atoms with Gasteiger partial charge < -0.3 is 9.84 Å². The van der Waals surface area contributed by atoms with Crippen LogP contribution in [-0.4, -0.2) is 23.7 Å². The molecule has 0 heterocycles. The molecule has 1 N–H and O–H groups in total. The van der Waals surface area contributed by atoms with Gasteiger partial charge in [-0.15, -0.1) is 0 Å². The molecule has 5 heteroatoms. The Labute approximate surface area is 108 Å². The zero-order valence-corrected chi connectivity index (χ0v) is 11.0. The number of benzene rings is 1. The maximum atomic E-state index is 11.7. The molecular formula is C12H13BrO4. The van der Waals surface area contributed by atoms with Crippen LogP contribution in [0.15, 0.2) is 22.7 Å². The van der Waals surface area contributed by atoms with Crippen molar-refractivity contribution in [3.05, 3.63) is 33.8 Å². The lowest BCUT2D eigenvalue weighted by atomic mass is 10.1. The first-order chi connectivity index (χ1) is 8.07. The third kappa shape index (κ3) is 3.56. The van der Waals surface area contributed by atoms with E-state index in [9.17, 15) is 9.59 Å². The summed E-state index contributed by atoms with van der Waals surface area (Å²) in [5, 5.41) is 9.03. The number of esters is 1. The largest absolute Gasteiger partial charge is 0.478 e. The van der Waals surface area contributed by atoms with Crippen molar-refractivity contribution in [1.29, 1.82) is 0 Å². The number of hydrogen-bond acceptors (Lipinski definition) is 3. The summed E-state index contributed by atoms with van der Waals surface area (Å²) in [6.07, 6.45) is 1.68. The summed E-state index contributed by atoms with van der Waals surface area (Å²) in [5.74, 6) is -1.75. The molecule has 17 heavy (non-hydrogen) atoms. The second-order valence-electron chi connectivity index (χ2n) is 3.46. The Morgan fingerprint density at radius 2 is 2.12 bits per heavy atom. The van der Waals surface area contributed by atoms with Crippen LogP contribution in [-0.2, 0) is 4.74 Å². The van der Waals surface area contributed by atoms with Gasteiger partial charge in [-0.2, -0.15) is 0 Å². The molecule has 0 unspecified atom stereocenters. The van der Waals surface area contributed by atoms with Gasteiger partial charge in [-0.05, 0) is 34.5 Å². The quantitative estimate of drug-likeness (QED) is 0.670. The van der Waals surface area contributed by atoms with Crippen molar-refractivity contribution in [1.82, 2.24) is 0 Å². The van der Waals surface area contributed by atoms with Gasteiger partial charge in [-0.25, -0.2) is 9.59 Å². The zero-order valence-electron chi connectivity index (χ0n) is 9.40. The van der Waals surface area contributed by atoms with Gasteiger partial charge >= 0.3 is 11.9 Å². The maximum absolute atomic E-state index is 11.7. The highest BCUT2D eigenvalue weighted by Gasteiger charge is 2.20. The summed E-state index contributed by atoms with van der Waals surface area (Å²) in [4.78, 5) is 22.7. The summed E-state index contributed by atoms with van der Waals surface area (Å²) in [7, 11) is 0. The minimum absolute atomic E-state index is 0.0611. The molecular weight excluding hydrogens is 288 g/mol. The van der Waals surface area contributed by atoms with Gasteiger partial charge in [0, 0.05) is 4.47 Å². The average Bonchev–Trinajstić information content (AvgIpc) is 2.28. The van der Waals surface area contributed by atoms with E-state index in [1.165, 1.54) is 6.07 Å². The number of carboxylic acid groups (broad SMARTS) is 1. The van der Waals surface area contributed by atoms with Gasteiger partial charge in [0.05, 0.1) is 17.7 Å². The molecule has 92 valence electrons. The highest BCUT2D eigenvalue weighted by Crippen LogP contribution is 2.21. The average molecular weight is 301 g/mol. The van der Waals surface area contributed by atoms with E-state index in [2.05, 4.69) is 15.9 Å². The van der Waals surface area contributed by atoms with E-state index in [0.29, 0.717) is 11.1 Å². The van der Waals surface area contributed by atoms with Crippen LogP contribution in [0.3, 0.4) is 0 Å². The van der Waals surface area contributed by atoms with Crippen molar-refractivity contribution in [2.24, 2.45) is 0 Å². The monoisotopic (exact) mass is 300 g/mol.